The minimum Gasteiger partial charge on any atom is -0.342 e. The fourth-order valence-electron chi connectivity index (χ4n) is 5.53. The van der Waals surface area contributed by atoms with E-state index in [-0.39, 0.29) is 29.6 Å². The molecule has 2 fully saturated rings. The van der Waals surface area contributed by atoms with Crippen LogP contribution in [0.2, 0.25) is 0 Å². The molecule has 3 aliphatic rings. The highest BCUT2D eigenvalue weighted by Crippen LogP contribution is 2.29. The van der Waals surface area contributed by atoms with E-state index in [0.717, 1.165) is 48.6 Å². The zero-order chi connectivity index (χ0) is 22.1. The minimum absolute atomic E-state index is 0.00983. The van der Waals surface area contributed by atoms with E-state index >= 15 is 0 Å². The number of likely N-dealkylation sites (tertiary alicyclic amines) is 1. The van der Waals surface area contributed by atoms with Gasteiger partial charge in [0.25, 0.3) is 5.56 Å². The molecule has 7 heteroatoms. The molecule has 5 rings (SSSR count). The molecule has 3 heterocycles. The van der Waals surface area contributed by atoms with E-state index in [2.05, 4.69) is 9.88 Å². The van der Waals surface area contributed by atoms with Crippen molar-refractivity contribution in [1.82, 2.24) is 19.8 Å². The smallest absolute Gasteiger partial charge is 0.254 e. The molecule has 1 aromatic heterocycles. The van der Waals surface area contributed by atoms with E-state index in [4.69, 9.17) is 4.98 Å². The Hall–Kier alpha value is -2.54. The zero-order valence-electron chi connectivity index (χ0n) is 18.5. The minimum atomic E-state index is -0.299. The van der Waals surface area contributed by atoms with Crippen molar-refractivity contribution in [3.8, 4) is 0 Å². The summed E-state index contributed by atoms with van der Waals surface area (Å²) in [6.07, 6.45) is 8.25. The highest BCUT2D eigenvalue weighted by molar-refractivity contribution is 5.79. The number of amides is 1. The van der Waals surface area contributed by atoms with Gasteiger partial charge in [-0.05, 0) is 43.4 Å². The van der Waals surface area contributed by atoms with Crippen LogP contribution in [-0.4, -0.2) is 51.4 Å². The second kappa shape index (κ2) is 9.14. The lowest BCUT2D eigenvalue weighted by Gasteiger charge is -2.37. The molecule has 6 nitrogen and oxygen atoms in total. The van der Waals surface area contributed by atoms with Crippen molar-refractivity contribution in [3.05, 3.63) is 63.1 Å². The molecule has 0 spiro atoms. The first-order valence-corrected chi connectivity index (χ1v) is 11.9. The topological polar surface area (TPSA) is 69.3 Å². The van der Waals surface area contributed by atoms with Crippen molar-refractivity contribution in [1.29, 1.82) is 0 Å². The molecule has 1 atom stereocenters. The van der Waals surface area contributed by atoms with Gasteiger partial charge >= 0.3 is 0 Å². The summed E-state index contributed by atoms with van der Waals surface area (Å²) in [6, 6.07) is 6.69. The fourth-order valence-corrected chi connectivity index (χ4v) is 5.53. The Kier molecular flexibility index (Phi) is 6.09. The van der Waals surface area contributed by atoms with Gasteiger partial charge in [0.15, 0.2) is 0 Å². The van der Waals surface area contributed by atoms with E-state index in [1.165, 1.54) is 44.2 Å². The average molecular weight is 439 g/mol. The van der Waals surface area contributed by atoms with Crippen LogP contribution in [0.1, 0.15) is 67.1 Å². The third-order valence-corrected chi connectivity index (χ3v) is 7.41. The van der Waals surface area contributed by atoms with Crippen LogP contribution in [0.4, 0.5) is 4.39 Å². The molecule has 1 saturated heterocycles. The Morgan fingerprint density at radius 3 is 2.66 bits per heavy atom. The highest BCUT2D eigenvalue weighted by Gasteiger charge is 2.32. The molecule has 0 radical (unpaired) electrons. The standard InChI is InChI=1S/C25H31FN4O2/c26-19-8-6-17(7-9-19)14-23(31)30-12-10-18(15-30)24-27-22-16-29(20-4-2-1-3-5-20)13-11-21(22)25(32)28-24/h6-9,18,20H,1-5,10-16H2,(H,27,28,32). The monoisotopic (exact) mass is 438 g/mol. The summed E-state index contributed by atoms with van der Waals surface area (Å²) in [4.78, 5) is 37.8. The molecular formula is C25H31FN4O2. The maximum Gasteiger partial charge on any atom is 0.254 e. The number of aromatic amines is 1. The first-order chi connectivity index (χ1) is 15.6. The number of hydrogen-bond acceptors (Lipinski definition) is 4. The summed E-state index contributed by atoms with van der Waals surface area (Å²) in [5.74, 6) is 0.501. The number of fused-ring (bicyclic) bond motifs is 1. The SMILES string of the molecule is O=C(Cc1ccc(F)cc1)N1CCC(c2nc3c(c(=O)[nH]2)CCN(C2CCCCC2)C3)C1. The average Bonchev–Trinajstić information content (AvgIpc) is 3.31. The van der Waals surface area contributed by atoms with Crippen molar-refractivity contribution >= 4 is 5.91 Å². The van der Waals surface area contributed by atoms with Crippen LogP contribution in [0.15, 0.2) is 29.1 Å². The number of rotatable bonds is 4. The van der Waals surface area contributed by atoms with Gasteiger partial charge < -0.3 is 9.88 Å². The van der Waals surface area contributed by atoms with Gasteiger partial charge in [-0.3, -0.25) is 14.5 Å². The fraction of sp³-hybridized carbons (Fsp3) is 0.560. The normalized spacial score (nSPS) is 22.2. The van der Waals surface area contributed by atoms with Crippen LogP contribution in [0.3, 0.4) is 0 Å². The number of H-pyrrole nitrogens is 1. The van der Waals surface area contributed by atoms with E-state index in [1.54, 1.807) is 12.1 Å². The van der Waals surface area contributed by atoms with Crippen LogP contribution in [0, 0.1) is 5.82 Å². The lowest BCUT2D eigenvalue weighted by Crippen LogP contribution is -2.42. The van der Waals surface area contributed by atoms with Crippen molar-refractivity contribution in [2.45, 2.75) is 69.9 Å². The number of carbonyl (C=O) groups is 1. The quantitative estimate of drug-likeness (QED) is 0.796. The first-order valence-electron chi connectivity index (χ1n) is 11.9. The molecule has 1 N–H and O–H groups in total. The summed E-state index contributed by atoms with van der Waals surface area (Å²) in [7, 11) is 0. The van der Waals surface area contributed by atoms with Crippen LogP contribution in [0.25, 0.3) is 0 Å². The number of nitrogens with one attached hydrogen (secondary N) is 1. The van der Waals surface area contributed by atoms with Gasteiger partial charge in [-0.15, -0.1) is 0 Å². The second-order valence-electron chi connectivity index (χ2n) is 9.52. The van der Waals surface area contributed by atoms with E-state index in [0.29, 0.717) is 19.1 Å². The van der Waals surface area contributed by atoms with Crippen molar-refractivity contribution in [3.63, 3.8) is 0 Å². The largest absolute Gasteiger partial charge is 0.342 e. The third-order valence-electron chi connectivity index (χ3n) is 7.41. The molecule has 0 bridgehead atoms. The Morgan fingerprint density at radius 2 is 1.88 bits per heavy atom. The van der Waals surface area contributed by atoms with Gasteiger partial charge in [-0.1, -0.05) is 31.4 Å². The van der Waals surface area contributed by atoms with Crippen molar-refractivity contribution < 1.29 is 9.18 Å². The molecule has 1 unspecified atom stereocenters. The van der Waals surface area contributed by atoms with Gasteiger partial charge in [-0.25, -0.2) is 9.37 Å². The maximum atomic E-state index is 13.1. The van der Waals surface area contributed by atoms with Crippen LogP contribution in [-0.2, 0) is 24.2 Å². The molecule has 32 heavy (non-hydrogen) atoms. The Bertz CT molecular complexity index is 1030. The van der Waals surface area contributed by atoms with Gasteiger partial charge in [-0.2, -0.15) is 0 Å². The molecule has 2 aromatic rings. The number of nitrogens with zero attached hydrogens (tertiary/aromatic N) is 3. The number of halogens is 1. The number of aromatic nitrogens is 2. The van der Waals surface area contributed by atoms with Crippen LogP contribution >= 0.6 is 0 Å². The summed E-state index contributed by atoms with van der Waals surface area (Å²) < 4.78 is 13.1. The first kappa shape index (κ1) is 21.3. The maximum absolute atomic E-state index is 13.1. The van der Waals surface area contributed by atoms with Crippen molar-refractivity contribution in [2.24, 2.45) is 0 Å². The number of hydrogen-bond donors (Lipinski definition) is 1. The summed E-state index contributed by atoms with van der Waals surface area (Å²) in [5.41, 5.74) is 2.56. The van der Waals surface area contributed by atoms with Gasteiger partial charge in [0.2, 0.25) is 5.91 Å². The lowest BCUT2D eigenvalue weighted by atomic mass is 9.92. The van der Waals surface area contributed by atoms with E-state index in [1.807, 2.05) is 4.90 Å². The molecule has 1 aliphatic carbocycles. The number of carbonyl (C=O) groups excluding carboxylic acids is 1. The van der Waals surface area contributed by atoms with E-state index < -0.39 is 0 Å². The summed E-state index contributed by atoms with van der Waals surface area (Å²) in [6.45, 7) is 2.92. The Balaban J connectivity index is 1.26. The van der Waals surface area contributed by atoms with Crippen LogP contribution < -0.4 is 5.56 Å². The second-order valence-corrected chi connectivity index (χ2v) is 9.52. The predicted molar refractivity (Wildman–Crippen MR) is 120 cm³/mol. The predicted octanol–water partition coefficient (Wildman–Crippen LogP) is 3.16. The molecular weight excluding hydrogens is 407 g/mol. The van der Waals surface area contributed by atoms with E-state index in [9.17, 15) is 14.0 Å². The van der Waals surface area contributed by atoms with Gasteiger partial charge in [0.05, 0.1) is 12.1 Å². The van der Waals surface area contributed by atoms with Crippen molar-refractivity contribution in [2.75, 3.05) is 19.6 Å². The zero-order valence-corrected chi connectivity index (χ0v) is 18.5. The summed E-state index contributed by atoms with van der Waals surface area (Å²) in [5, 5.41) is 0. The highest BCUT2D eigenvalue weighted by atomic mass is 19.1. The van der Waals surface area contributed by atoms with Gasteiger partial charge in [0, 0.05) is 43.7 Å². The Labute approximate surface area is 187 Å². The molecule has 1 aromatic carbocycles. The molecule has 1 saturated carbocycles. The third kappa shape index (κ3) is 4.49. The molecule has 170 valence electrons. The summed E-state index contributed by atoms with van der Waals surface area (Å²) >= 11 is 0. The van der Waals surface area contributed by atoms with Crippen LogP contribution in [0.5, 0.6) is 0 Å². The number of benzene rings is 1. The molecule has 2 aliphatic heterocycles. The van der Waals surface area contributed by atoms with Gasteiger partial charge in [0.1, 0.15) is 11.6 Å². The molecule has 1 amide bonds. The lowest BCUT2D eigenvalue weighted by molar-refractivity contribution is -0.129. The Morgan fingerprint density at radius 1 is 1.09 bits per heavy atom.